The highest BCUT2D eigenvalue weighted by Gasteiger charge is 2.19. The van der Waals surface area contributed by atoms with Gasteiger partial charge in [0.05, 0.1) is 17.1 Å². The maximum atomic E-state index is 13.0. The van der Waals surface area contributed by atoms with E-state index in [1.807, 2.05) is 13.8 Å². The molecule has 0 fully saturated rings. The number of carbonyl (C=O) groups excluding carboxylic acids is 1. The van der Waals surface area contributed by atoms with Crippen molar-refractivity contribution < 1.29 is 9.18 Å². The summed E-state index contributed by atoms with van der Waals surface area (Å²) in [4.78, 5) is 12.5. The molecule has 0 saturated carbocycles. The molecule has 0 aliphatic heterocycles. The van der Waals surface area contributed by atoms with Gasteiger partial charge in [0.25, 0.3) is 0 Å². The van der Waals surface area contributed by atoms with Crippen LogP contribution in [0.1, 0.15) is 29.8 Å². The molecule has 5 nitrogen and oxygen atoms in total. The Kier molecular flexibility index (Phi) is 3.62. The summed E-state index contributed by atoms with van der Waals surface area (Å²) in [6.45, 7) is 3.63. The van der Waals surface area contributed by atoms with E-state index in [4.69, 9.17) is 5.26 Å². The summed E-state index contributed by atoms with van der Waals surface area (Å²) < 4.78 is 14.7. The van der Waals surface area contributed by atoms with Crippen molar-refractivity contribution in [3.8, 4) is 11.9 Å². The lowest BCUT2D eigenvalue weighted by Gasteiger charge is -2.02. The highest BCUT2D eigenvalue weighted by Crippen LogP contribution is 2.27. The Hall–Kier alpha value is -3.07. The van der Waals surface area contributed by atoms with Crippen molar-refractivity contribution >= 4 is 16.7 Å². The standard InChI is InChI=1S/C17H13FN4O/c1-10(2)17(23)13-9-22(16-6-5-15(18)20-21-16)14-4-3-11(8-19)7-12(13)14/h3-7,9-10H,1-2H3. The maximum Gasteiger partial charge on any atom is 0.233 e. The van der Waals surface area contributed by atoms with E-state index in [1.54, 1.807) is 29.0 Å². The van der Waals surface area contributed by atoms with Crippen LogP contribution in [0.25, 0.3) is 16.7 Å². The number of Topliss-reactive ketones (excluding diaryl/α,β-unsaturated/α-hetero) is 1. The highest BCUT2D eigenvalue weighted by atomic mass is 19.1. The third-order valence-corrected chi connectivity index (χ3v) is 3.59. The number of fused-ring (bicyclic) bond motifs is 1. The Bertz CT molecular complexity index is 936. The smallest absolute Gasteiger partial charge is 0.233 e. The summed E-state index contributed by atoms with van der Waals surface area (Å²) in [5, 5.41) is 17.0. The van der Waals surface area contributed by atoms with Crippen molar-refractivity contribution in [2.75, 3.05) is 0 Å². The Labute approximate surface area is 132 Å². The average molecular weight is 308 g/mol. The molecule has 6 heteroatoms. The number of hydrogen-bond acceptors (Lipinski definition) is 4. The number of nitriles is 1. The van der Waals surface area contributed by atoms with E-state index >= 15 is 0 Å². The van der Waals surface area contributed by atoms with Gasteiger partial charge < -0.3 is 0 Å². The number of nitrogens with zero attached hydrogens (tertiary/aromatic N) is 4. The van der Waals surface area contributed by atoms with Crippen molar-refractivity contribution in [1.82, 2.24) is 14.8 Å². The summed E-state index contributed by atoms with van der Waals surface area (Å²) in [5.74, 6) is -0.475. The van der Waals surface area contributed by atoms with Gasteiger partial charge in [-0.25, -0.2) is 0 Å². The molecule has 114 valence electrons. The molecule has 2 aromatic heterocycles. The summed E-state index contributed by atoms with van der Waals surface area (Å²) in [7, 11) is 0. The van der Waals surface area contributed by atoms with E-state index in [0.717, 1.165) is 0 Å². The number of rotatable bonds is 3. The van der Waals surface area contributed by atoms with Crippen LogP contribution in [-0.2, 0) is 0 Å². The zero-order chi connectivity index (χ0) is 16.6. The largest absolute Gasteiger partial charge is 0.299 e. The fourth-order valence-corrected chi connectivity index (χ4v) is 2.43. The van der Waals surface area contributed by atoms with Crippen molar-refractivity contribution in [2.45, 2.75) is 13.8 Å². The first-order chi connectivity index (χ1) is 11.0. The van der Waals surface area contributed by atoms with Crippen LogP contribution in [0, 0.1) is 23.2 Å². The molecule has 3 aromatic rings. The topological polar surface area (TPSA) is 71.6 Å². The van der Waals surface area contributed by atoms with Crippen LogP contribution in [0.5, 0.6) is 0 Å². The first kappa shape index (κ1) is 14.9. The van der Waals surface area contributed by atoms with Crippen molar-refractivity contribution in [1.29, 1.82) is 5.26 Å². The molecule has 0 atom stereocenters. The molecule has 0 bridgehead atoms. The fraction of sp³-hybridized carbons (Fsp3) is 0.176. The molecule has 23 heavy (non-hydrogen) atoms. The lowest BCUT2D eigenvalue weighted by atomic mass is 10.00. The molecule has 0 saturated heterocycles. The molecule has 0 unspecified atom stereocenters. The quantitative estimate of drug-likeness (QED) is 0.696. The number of halogens is 1. The van der Waals surface area contributed by atoms with Crippen LogP contribution < -0.4 is 0 Å². The number of ketones is 1. The molecular weight excluding hydrogens is 295 g/mol. The lowest BCUT2D eigenvalue weighted by molar-refractivity contribution is 0.0941. The molecule has 0 radical (unpaired) electrons. The van der Waals surface area contributed by atoms with Gasteiger partial charge in [-0.2, -0.15) is 9.65 Å². The molecule has 0 amide bonds. The van der Waals surface area contributed by atoms with Crippen molar-refractivity contribution in [3.63, 3.8) is 0 Å². The summed E-state index contributed by atoms with van der Waals surface area (Å²) in [6.07, 6.45) is 1.66. The predicted octanol–water partition coefficient (Wildman–Crippen LogP) is 3.27. The van der Waals surface area contributed by atoms with Gasteiger partial charge in [-0.3, -0.25) is 9.36 Å². The first-order valence-corrected chi connectivity index (χ1v) is 7.10. The molecule has 0 spiro atoms. The molecule has 0 aliphatic rings. The van der Waals surface area contributed by atoms with E-state index < -0.39 is 5.95 Å². The third-order valence-electron chi connectivity index (χ3n) is 3.59. The van der Waals surface area contributed by atoms with E-state index in [-0.39, 0.29) is 11.7 Å². The minimum absolute atomic E-state index is 0.0288. The van der Waals surface area contributed by atoms with Gasteiger partial charge in [-0.1, -0.05) is 13.8 Å². The van der Waals surface area contributed by atoms with E-state index in [1.165, 1.54) is 12.1 Å². The summed E-state index contributed by atoms with van der Waals surface area (Å²) in [6, 6.07) is 9.86. The van der Waals surface area contributed by atoms with Gasteiger partial charge in [0.2, 0.25) is 5.95 Å². The lowest BCUT2D eigenvalue weighted by Crippen LogP contribution is -2.06. The average Bonchev–Trinajstić information content (AvgIpc) is 2.93. The normalized spacial score (nSPS) is 10.9. The SMILES string of the molecule is CC(C)C(=O)c1cn(-c2ccc(F)nn2)c2ccc(C#N)cc12. The predicted molar refractivity (Wildman–Crippen MR) is 82.7 cm³/mol. The van der Waals surface area contributed by atoms with Crippen LogP contribution in [0.3, 0.4) is 0 Å². The van der Waals surface area contributed by atoms with Crippen LogP contribution in [-0.4, -0.2) is 20.5 Å². The molecule has 0 aliphatic carbocycles. The molecule has 2 heterocycles. The van der Waals surface area contributed by atoms with Gasteiger partial charge in [0.15, 0.2) is 11.6 Å². The second kappa shape index (κ2) is 5.61. The van der Waals surface area contributed by atoms with Crippen LogP contribution in [0.2, 0.25) is 0 Å². The monoisotopic (exact) mass is 308 g/mol. The number of aromatic nitrogens is 3. The molecule has 3 rings (SSSR count). The Morgan fingerprint density at radius 2 is 2.04 bits per heavy atom. The highest BCUT2D eigenvalue weighted by molar-refractivity contribution is 6.09. The molecule has 1 aromatic carbocycles. The summed E-state index contributed by atoms with van der Waals surface area (Å²) in [5.41, 5.74) is 1.70. The third kappa shape index (κ3) is 2.57. The van der Waals surface area contributed by atoms with Gasteiger partial charge in [-0.15, -0.1) is 10.2 Å². The van der Waals surface area contributed by atoms with Gasteiger partial charge in [0, 0.05) is 23.1 Å². The second-order valence-corrected chi connectivity index (χ2v) is 5.49. The fourth-order valence-electron chi connectivity index (χ4n) is 2.43. The van der Waals surface area contributed by atoms with E-state index in [0.29, 0.717) is 27.8 Å². The Morgan fingerprint density at radius 1 is 1.26 bits per heavy atom. The number of benzene rings is 1. The Balaban J connectivity index is 2.29. The summed E-state index contributed by atoms with van der Waals surface area (Å²) >= 11 is 0. The number of carbonyl (C=O) groups is 1. The van der Waals surface area contributed by atoms with Crippen LogP contribution >= 0.6 is 0 Å². The van der Waals surface area contributed by atoms with E-state index in [9.17, 15) is 9.18 Å². The maximum absolute atomic E-state index is 13.0. The minimum Gasteiger partial charge on any atom is -0.299 e. The van der Waals surface area contributed by atoms with Crippen molar-refractivity contribution in [2.24, 2.45) is 5.92 Å². The molecular formula is C17H13FN4O. The van der Waals surface area contributed by atoms with Gasteiger partial charge >= 0.3 is 0 Å². The van der Waals surface area contributed by atoms with Crippen LogP contribution in [0.15, 0.2) is 36.5 Å². The molecule has 0 N–H and O–H groups in total. The minimum atomic E-state index is -0.671. The van der Waals surface area contributed by atoms with Crippen LogP contribution in [0.4, 0.5) is 4.39 Å². The van der Waals surface area contributed by atoms with Crippen molar-refractivity contribution in [3.05, 3.63) is 53.6 Å². The number of hydrogen-bond donors (Lipinski definition) is 0. The zero-order valence-electron chi connectivity index (χ0n) is 12.6. The van der Waals surface area contributed by atoms with Gasteiger partial charge in [-0.05, 0) is 30.3 Å². The van der Waals surface area contributed by atoms with E-state index in [2.05, 4.69) is 16.3 Å². The van der Waals surface area contributed by atoms with Gasteiger partial charge in [0.1, 0.15) is 0 Å². The Morgan fingerprint density at radius 3 is 2.65 bits per heavy atom. The zero-order valence-corrected chi connectivity index (χ0v) is 12.6. The first-order valence-electron chi connectivity index (χ1n) is 7.10. The second-order valence-electron chi connectivity index (χ2n) is 5.49.